The van der Waals surface area contributed by atoms with Crippen molar-refractivity contribution in [3.63, 3.8) is 0 Å². The molecule has 22 nitrogen and oxygen atoms in total. The highest BCUT2D eigenvalue weighted by atomic mass is 16.4. The third kappa shape index (κ3) is 29.8. The summed E-state index contributed by atoms with van der Waals surface area (Å²) in [5, 5.41) is 145. The second-order valence-corrected chi connectivity index (χ2v) is 39.5. The van der Waals surface area contributed by atoms with Crippen molar-refractivity contribution in [3.05, 3.63) is 178 Å². The highest BCUT2D eigenvalue weighted by Gasteiger charge is 2.61. The number of carboxylic acids is 7. The molecule has 0 saturated heterocycles. The van der Waals surface area contributed by atoms with Crippen molar-refractivity contribution >= 4 is 41.8 Å². The van der Waals surface area contributed by atoms with Gasteiger partial charge in [0.15, 0.2) is 22.4 Å². The summed E-state index contributed by atoms with van der Waals surface area (Å²) in [4.78, 5) is 81.8. The number of rotatable bonds is 31. The first-order chi connectivity index (χ1) is 53.3. The molecule has 8 unspecified atom stereocenters. The Morgan fingerprint density at radius 3 is 0.624 bits per heavy atom. The molecule has 5 aromatic rings. The fraction of sp³-hybridized carbons (Fsp3) is 0.611. The summed E-state index contributed by atoms with van der Waals surface area (Å²) in [6, 6.07) is 39.9. The van der Waals surface area contributed by atoms with Crippen LogP contribution >= 0.6 is 0 Å². The van der Waals surface area contributed by atoms with Crippen LogP contribution in [0.25, 0.3) is 0 Å². The van der Waals surface area contributed by atoms with E-state index >= 15 is 0 Å². The van der Waals surface area contributed by atoms with E-state index in [4.69, 9.17) is 20.4 Å². The molecule has 0 aliphatic carbocycles. The molecule has 5 rings (SSSR count). The van der Waals surface area contributed by atoms with Gasteiger partial charge in [-0.15, -0.1) is 0 Å². The van der Waals surface area contributed by atoms with E-state index < -0.39 is 147 Å². The van der Waals surface area contributed by atoms with Crippen LogP contribution in [0.1, 0.15) is 326 Å². The average Bonchev–Trinajstić information content (AvgIpc) is 0.761. The molecule has 22 heteroatoms. The zero-order chi connectivity index (χ0) is 91.3. The second-order valence-electron chi connectivity index (χ2n) is 39.5. The van der Waals surface area contributed by atoms with Gasteiger partial charge >= 0.3 is 41.8 Å². The van der Waals surface area contributed by atoms with Crippen LogP contribution < -0.4 is 0 Å². The molecule has 0 spiro atoms. The quantitative estimate of drug-likeness (QED) is 0.0183. The fourth-order valence-corrected chi connectivity index (χ4v) is 15.4. The number of unbranched alkanes of at least 4 members (excludes halogenated alkanes) is 10. The molecule has 5 aromatic carbocycles. The molecular weight excluding hydrogens is 1490 g/mol. The van der Waals surface area contributed by atoms with Gasteiger partial charge in [0, 0.05) is 45.3 Å². The molecule has 0 saturated carbocycles. The SMILES string of the molecule is CC(C)(C)C(c1ccccc1)C(O)(C(=O)O)C(C)(C)C.CC(C)(C)C(c1ccccc1)C(O)(C(=O)O)C(C)(C)C.CC(C)(C)C(c1ccccc1)C(O)(C(=O)O)C(C)(C)C.CC(C)(C)C(c1ccccc1)C(O)(C(=O)O)C(C)(C)C.CCCCCCCCCCCCCc1c(C(=O)O)ccc(C(=O)O)c1C(=O)O.OCC(CO)(CO)CO. The Morgan fingerprint density at radius 1 is 0.274 bits per heavy atom. The van der Waals surface area contributed by atoms with Crippen LogP contribution in [0.5, 0.6) is 0 Å². The Kier molecular flexibility index (Phi) is 42.4. The third-order valence-corrected chi connectivity index (χ3v) is 21.9. The minimum atomic E-state index is -1.84. The summed E-state index contributed by atoms with van der Waals surface area (Å²) in [5.41, 5.74) is -10.6. The zero-order valence-corrected chi connectivity index (χ0v) is 74.9. The molecule has 660 valence electrons. The normalized spacial score (nSPS) is 15.4. The van der Waals surface area contributed by atoms with E-state index in [0.717, 1.165) is 47.6 Å². The lowest BCUT2D eigenvalue weighted by Crippen LogP contribution is -2.57. The van der Waals surface area contributed by atoms with E-state index in [1.165, 1.54) is 51.0 Å². The van der Waals surface area contributed by atoms with Crippen molar-refractivity contribution in [2.75, 3.05) is 26.4 Å². The number of hydrogen-bond acceptors (Lipinski definition) is 15. The second kappa shape index (κ2) is 45.5. The number of aliphatic carboxylic acids is 4. The molecule has 0 heterocycles. The Morgan fingerprint density at radius 2 is 0.470 bits per heavy atom. The van der Waals surface area contributed by atoms with Gasteiger partial charge in [0.1, 0.15) is 0 Å². The van der Waals surface area contributed by atoms with Gasteiger partial charge in [0.25, 0.3) is 0 Å². The van der Waals surface area contributed by atoms with Crippen LogP contribution in [-0.4, -0.2) is 167 Å². The minimum absolute atomic E-state index is 0.107. The summed E-state index contributed by atoms with van der Waals surface area (Å²) in [5.74, 6) is -10.7. The number of carbonyl (C=O) groups is 7. The Bertz CT molecular complexity index is 3450. The Hall–Kier alpha value is -7.93. The van der Waals surface area contributed by atoms with Crippen molar-refractivity contribution < 1.29 is 110 Å². The van der Waals surface area contributed by atoms with E-state index in [-0.39, 0.29) is 44.8 Å². The summed E-state index contributed by atoms with van der Waals surface area (Å²) in [7, 11) is 0. The van der Waals surface area contributed by atoms with Crippen molar-refractivity contribution in [2.45, 2.75) is 296 Å². The highest BCUT2D eigenvalue weighted by Crippen LogP contribution is 2.55. The topological polar surface area (TPSA) is 423 Å². The van der Waals surface area contributed by atoms with Gasteiger partial charge in [-0.2, -0.15) is 0 Å². The molecule has 0 aromatic heterocycles. The minimum Gasteiger partial charge on any atom is -0.479 e. The van der Waals surface area contributed by atoms with Crippen molar-refractivity contribution in [2.24, 2.45) is 48.7 Å². The van der Waals surface area contributed by atoms with Gasteiger partial charge in [0.2, 0.25) is 0 Å². The van der Waals surface area contributed by atoms with Crippen LogP contribution in [0, 0.1) is 48.7 Å². The molecule has 15 N–H and O–H groups in total. The monoisotopic (exact) mass is 1640 g/mol. The maximum Gasteiger partial charge on any atom is 0.336 e. The molecule has 0 radical (unpaired) electrons. The van der Waals surface area contributed by atoms with Crippen LogP contribution in [0.15, 0.2) is 133 Å². The van der Waals surface area contributed by atoms with E-state index in [9.17, 15) is 89.7 Å². The van der Waals surface area contributed by atoms with Crippen LogP contribution in [0.2, 0.25) is 0 Å². The fourth-order valence-electron chi connectivity index (χ4n) is 15.4. The Balaban J connectivity index is 0.00000141. The molecule has 0 fully saturated rings. The first kappa shape index (κ1) is 109. The maximum atomic E-state index is 11.9. The number of aromatic carboxylic acids is 3. The number of carboxylic acid groups (broad SMARTS) is 7. The van der Waals surface area contributed by atoms with Crippen LogP contribution in [-0.2, 0) is 25.6 Å². The van der Waals surface area contributed by atoms with E-state index in [1.54, 1.807) is 83.1 Å². The lowest BCUT2D eigenvalue weighted by molar-refractivity contribution is -0.182. The van der Waals surface area contributed by atoms with E-state index in [0.29, 0.717) is 6.42 Å². The van der Waals surface area contributed by atoms with Gasteiger partial charge in [-0.3, -0.25) is 0 Å². The van der Waals surface area contributed by atoms with Crippen LogP contribution in [0.3, 0.4) is 0 Å². The number of benzene rings is 5. The summed E-state index contributed by atoms with van der Waals surface area (Å²) in [6.45, 7) is 45.3. The van der Waals surface area contributed by atoms with E-state index in [1.807, 2.05) is 204 Å². The molecule has 0 bridgehead atoms. The molecule has 8 atom stereocenters. The van der Waals surface area contributed by atoms with E-state index in [2.05, 4.69) is 6.92 Å². The van der Waals surface area contributed by atoms with Crippen LogP contribution in [0.4, 0.5) is 0 Å². The predicted molar refractivity (Wildman–Crippen MR) is 461 cm³/mol. The molecule has 0 aliphatic rings. The summed E-state index contributed by atoms with van der Waals surface area (Å²) >= 11 is 0. The van der Waals surface area contributed by atoms with Gasteiger partial charge in [-0.05, 0) is 74.5 Å². The van der Waals surface area contributed by atoms with Crippen molar-refractivity contribution in [3.8, 4) is 0 Å². The highest BCUT2D eigenvalue weighted by molar-refractivity contribution is 6.05. The molecule has 0 amide bonds. The zero-order valence-electron chi connectivity index (χ0n) is 74.9. The summed E-state index contributed by atoms with van der Waals surface area (Å²) in [6.07, 6.45) is 12.7. The lowest BCUT2D eigenvalue weighted by atomic mass is 9.59. The van der Waals surface area contributed by atoms with Gasteiger partial charge < -0.3 is 76.6 Å². The largest absolute Gasteiger partial charge is 0.479 e. The van der Waals surface area contributed by atoms with Gasteiger partial charge in [0.05, 0.1) is 48.5 Å². The number of aliphatic hydroxyl groups is 8. The Labute approximate surface area is 697 Å². The lowest BCUT2D eigenvalue weighted by Gasteiger charge is -2.48. The first-order valence-corrected chi connectivity index (χ1v) is 40.6. The first-order valence-electron chi connectivity index (χ1n) is 40.6. The summed E-state index contributed by atoms with van der Waals surface area (Å²) < 4.78 is 0. The molecule has 0 aliphatic heterocycles. The van der Waals surface area contributed by atoms with Crippen molar-refractivity contribution in [1.29, 1.82) is 0 Å². The molecular formula is C95H148O22. The standard InChI is InChI=1S/C22H32O6.4C17H26O3.C5H12O4/c1-2-3-4-5-6-7-8-9-10-11-12-13-16-17(20(23)24)14-15-18(21(25)26)19(16)22(27)28;4*1-15(2,3)13(12-10-8-7-9-11-12)17(20,14(18)19)16(4,5)6;6-1-5(2-7,3-8)4-9/h14-15H,2-13H2,1H3,(H,23,24)(H,25,26)(H,27,28);4*7-11,13,20H,1-6H3,(H,18,19);6-9H,1-4H2. The smallest absolute Gasteiger partial charge is 0.336 e. The maximum absolute atomic E-state index is 11.9. The third-order valence-electron chi connectivity index (χ3n) is 21.9. The van der Waals surface area contributed by atoms with Gasteiger partial charge in [-0.1, -0.05) is 359 Å². The number of hydrogen-bond donors (Lipinski definition) is 15. The average molecular weight is 1640 g/mol. The van der Waals surface area contributed by atoms with Crippen molar-refractivity contribution in [1.82, 2.24) is 0 Å². The molecule has 117 heavy (non-hydrogen) atoms. The predicted octanol–water partition coefficient (Wildman–Crippen LogP) is 18.3. The number of aliphatic hydroxyl groups excluding tert-OH is 4. The van der Waals surface area contributed by atoms with Gasteiger partial charge in [-0.25, -0.2) is 33.6 Å².